The number of aliphatic carboxylic acids is 1. The van der Waals surface area contributed by atoms with E-state index in [9.17, 15) is 4.79 Å². The van der Waals surface area contributed by atoms with Crippen molar-refractivity contribution in [2.75, 3.05) is 5.75 Å². The number of hydrogen-bond donors (Lipinski definition) is 1. The summed E-state index contributed by atoms with van der Waals surface area (Å²) in [7, 11) is 0. The van der Waals surface area contributed by atoms with Gasteiger partial charge in [-0.1, -0.05) is 29.4 Å². The van der Waals surface area contributed by atoms with E-state index in [0.29, 0.717) is 28.3 Å². The maximum atomic E-state index is 10.8. The van der Waals surface area contributed by atoms with Crippen molar-refractivity contribution < 1.29 is 14.6 Å². The maximum absolute atomic E-state index is 10.8. The summed E-state index contributed by atoms with van der Waals surface area (Å²) < 4.78 is 7.77. The molecule has 0 bridgehead atoms. The van der Waals surface area contributed by atoms with Crippen molar-refractivity contribution in [3.63, 3.8) is 0 Å². The van der Waals surface area contributed by atoms with Crippen molar-refractivity contribution >= 4 is 29.3 Å². The second-order valence-electron chi connectivity index (χ2n) is 5.09. The number of carboxylic acids is 1. The minimum absolute atomic E-state index is 0.0825. The maximum Gasteiger partial charge on any atom is 0.313 e. The number of rotatable bonds is 8. The van der Waals surface area contributed by atoms with Gasteiger partial charge >= 0.3 is 5.97 Å². The Bertz CT molecular complexity index is 748. The fourth-order valence-corrected chi connectivity index (χ4v) is 3.02. The Kier molecular flexibility index (Phi) is 6.28. The molecule has 0 saturated carbocycles. The molecule has 1 N–H and O–H groups in total. The SMILES string of the molecule is C=CCn1c(SCC(=O)O)nnc1C(C)Oc1ccc(Cl)cc1C. The van der Waals surface area contributed by atoms with E-state index in [2.05, 4.69) is 16.8 Å². The Morgan fingerprint density at radius 2 is 2.29 bits per heavy atom. The lowest BCUT2D eigenvalue weighted by Gasteiger charge is -2.17. The van der Waals surface area contributed by atoms with Gasteiger partial charge in [0.2, 0.25) is 0 Å². The van der Waals surface area contributed by atoms with Crippen LogP contribution in [0.25, 0.3) is 0 Å². The van der Waals surface area contributed by atoms with Crippen LogP contribution >= 0.6 is 23.4 Å². The van der Waals surface area contributed by atoms with E-state index in [-0.39, 0.29) is 11.9 Å². The molecule has 1 atom stereocenters. The van der Waals surface area contributed by atoms with E-state index in [4.69, 9.17) is 21.4 Å². The number of hydrogen-bond acceptors (Lipinski definition) is 5. The molecule has 1 unspecified atom stereocenters. The quantitative estimate of drug-likeness (QED) is 0.565. The van der Waals surface area contributed by atoms with E-state index in [1.807, 2.05) is 26.0 Å². The predicted octanol–water partition coefficient (Wildman–Crippen LogP) is 3.74. The molecule has 2 rings (SSSR count). The molecule has 6 nitrogen and oxygen atoms in total. The van der Waals surface area contributed by atoms with Crippen LogP contribution in [-0.2, 0) is 11.3 Å². The zero-order chi connectivity index (χ0) is 17.7. The van der Waals surface area contributed by atoms with Gasteiger partial charge in [0, 0.05) is 11.6 Å². The lowest BCUT2D eigenvalue weighted by molar-refractivity contribution is -0.133. The van der Waals surface area contributed by atoms with Gasteiger partial charge in [0.15, 0.2) is 17.1 Å². The van der Waals surface area contributed by atoms with Crippen molar-refractivity contribution in [2.24, 2.45) is 0 Å². The second kappa shape index (κ2) is 8.21. The fourth-order valence-electron chi connectivity index (χ4n) is 2.12. The van der Waals surface area contributed by atoms with Crippen molar-refractivity contribution in [3.8, 4) is 5.75 Å². The number of aromatic nitrogens is 3. The van der Waals surface area contributed by atoms with Crippen LogP contribution in [0.5, 0.6) is 5.75 Å². The molecule has 2 aromatic rings. The molecular weight excluding hydrogens is 350 g/mol. The first kappa shape index (κ1) is 18.4. The Balaban J connectivity index is 2.22. The van der Waals surface area contributed by atoms with E-state index < -0.39 is 5.97 Å². The summed E-state index contributed by atoms with van der Waals surface area (Å²) in [6, 6.07) is 5.40. The molecule has 1 aromatic carbocycles. The fraction of sp³-hybridized carbons (Fsp3) is 0.312. The number of nitrogens with zero attached hydrogens (tertiary/aromatic N) is 3. The van der Waals surface area contributed by atoms with Crippen LogP contribution in [-0.4, -0.2) is 31.6 Å². The van der Waals surface area contributed by atoms with Gasteiger partial charge < -0.3 is 9.84 Å². The van der Waals surface area contributed by atoms with Crippen LogP contribution in [0.4, 0.5) is 0 Å². The van der Waals surface area contributed by atoms with Crippen molar-refractivity contribution in [1.82, 2.24) is 14.8 Å². The first-order chi connectivity index (χ1) is 11.4. The number of halogens is 1. The Morgan fingerprint density at radius 3 is 2.92 bits per heavy atom. The molecule has 0 aliphatic carbocycles. The normalized spacial score (nSPS) is 12.0. The molecule has 0 saturated heterocycles. The molecule has 0 fully saturated rings. The summed E-state index contributed by atoms with van der Waals surface area (Å²) >= 11 is 7.07. The lowest BCUT2D eigenvalue weighted by Crippen LogP contribution is -2.13. The van der Waals surface area contributed by atoms with Gasteiger partial charge in [-0.3, -0.25) is 9.36 Å². The number of aryl methyl sites for hydroxylation is 1. The van der Waals surface area contributed by atoms with Crippen molar-refractivity contribution in [3.05, 3.63) is 47.3 Å². The molecule has 0 radical (unpaired) electrons. The van der Waals surface area contributed by atoms with Crippen LogP contribution in [0.1, 0.15) is 24.4 Å². The van der Waals surface area contributed by atoms with E-state index in [1.165, 1.54) is 0 Å². The second-order valence-corrected chi connectivity index (χ2v) is 6.47. The summed E-state index contributed by atoms with van der Waals surface area (Å²) in [5, 5.41) is 18.2. The van der Waals surface area contributed by atoms with E-state index in [1.54, 1.807) is 16.7 Å². The summed E-state index contributed by atoms with van der Waals surface area (Å²) in [5.74, 6) is 0.327. The van der Waals surface area contributed by atoms with Crippen LogP contribution < -0.4 is 4.74 Å². The average Bonchev–Trinajstić information content (AvgIpc) is 2.91. The average molecular weight is 368 g/mol. The molecule has 0 aliphatic rings. The molecule has 128 valence electrons. The smallest absolute Gasteiger partial charge is 0.313 e. The highest BCUT2D eigenvalue weighted by Crippen LogP contribution is 2.28. The van der Waals surface area contributed by atoms with Gasteiger partial charge in [-0.05, 0) is 37.6 Å². The van der Waals surface area contributed by atoms with Gasteiger partial charge in [0.05, 0.1) is 5.75 Å². The van der Waals surface area contributed by atoms with Gasteiger partial charge in [-0.25, -0.2) is 0 Å². The molecule has 0 aliphatic heterocycles. The van der Waals surface area contributed by atoms with Crippen LogP contribution in [0.2, 0.25) is 5.02 Å². The van der Waals surface area contributed by atoms with Gasteiger partial charge in [0.25, 0.3) is 0 Å². The largest absolute Gasteiger partial charge is 0.482 e. The summed E-state index contributed by atoms with van der Waals surface area (Å²) in [5.41, 5.74) is 0.921. The highest BCUT2D eigenvalue weighted by atomic mass is 35.5. The molecule has 24 heavy (non-hydrogen) atoms. The highest BCUT2D eigenvalue weighted by molar-refractivity contribution is 7.99. The number of benzene rings is 1. The van der Waals surface area contributed by atoms with Crippen LogP contribution in [0, 0.1) is 6.92 Å². The third-order valence-electron chi connectivity index (χ3n) is 3.19. The van der Waals surface area contributed by atoms with Crippen LogP contribution in [0.3, 0.4) is 0 Å². The summed E-state index contributed by atoms with van der Waals surface area (Å²) in [6.45, 7) is 7.97. The third kappa shape index (κ3) is 4.52. The number of thioether (sulfide) groups is 1. The van der Waals surface area contributed by atoms with Crippen LogP contribution in [0.15, 0.2) is 36.0 Å². The van der Waals surface area contributed by atoms with Gasteiger partial charge in [-0.15, -0.1) is 16.8 Å². The van der Waals surface area contributed by atoms with Crippen molar-refractivity contribution in [2.45, 2.75) is 31.7 Å². The molecule has 8 heteroatoms. The highest BCUT2D eigenvalue weighted by Gasteiger charge is 2.20. The molecule has 0 spiro atoms. The minimum atomic E-state index is -0.907. The van der Waals surface area contributed by atoms with Crippen molar-refractivity contribution in [1.29, 1.82) is 0 Å². The zero-order valence-corrected chi connectivity index (χ0v) is 15.0. The molecule has 0 amide bonds. The zero-order valence-electron chi connectivity index (χ0n) is 13.4. The Hall–Kier alpha value is -1.99. The summed E-state index contributed by atoms with van der Waals surface area (Å²) in [4.78, 5) is 10.8. The predicted molar refractivity (Wildman–Crippen MR) is 93.8 cm³/mol. The summed E-state index contributed by atoms with van der Waals surface area (Å²) in [6.07, 6.45) is 1.34. The molecular formula is C16H18ClN3O3S. The van der Waals surface area contributed by atoms with E-state index >= 15 is 0 Å². The Labute approximate surface area is 149 Å². The number of carbonyl (C=O) groups is 1. The third-order valence-corrected chi connectivity index (χ3v) is 4.37. The lowest BCUT2D eigenvalue weighted by atomic mass is 10.2. The number of carboxylic acid groups (broad SMARTS) is 1. The topological polar surface area (TPSA) is 77.2 Å². The standard InChI is InChI=1S/C16H18ClN3O3S/c1-4-7-20-15(18-19-16(20)24-9-14(21)22)11(3)23-13-6-5-12(17)8-10(13)2/h4-6,8,11H,1,7,9H2,2-3H3,(H,21,22). The van der Waals surface area contributed by atoms with Gasteiger partial charge in [-0.2, -0.15) is 0 Å². The monoisotopic (exact) mass is 367 g/mol. The first-order valence-electron chi connectivity index (χ1n) is 7.23. The van der Waals surface area contributed by atoms with Gasteiger partial charge in [0.1, 0.15) is 5.75 Å². The Morgan fingerprint density at radius 1 is 1.54 bits per heavy atom. The minimum Gasteiger partial charge on any atom is -0.482 e. The molecule has 1 aromatic heterocycles. The molecule has 1 heterocycles. The number of ether oxygens (including phenoxy) is 1. The number of allylic oxidation sites excluding steroid dienone is 1. The van der Waals surface area contributed by atoms with E-state index in [0.717, 1.165) is 17.3 Å². The first-order valence-corrected chi connectivity index (χ1v) is 8.60.